The largest absolute Gasteiger partial charge is 0.300 e. The molecule has 0 aromatic heterocycles. The number of benzene rings is 1. The van der Waals surface area contributed by atoms with Gasteiger partial charge in [0, 0.05) is 18.7 Å². The molecule has 2 nitrogen and oxygen atoms in total. The number of aliphatic imine (C=N–C) groups is 1. The van der Waals surface area contributed by atoms with Gasteiger partial charge < -0.3 is 0 Å². The first kappa shape index (κ1) is 17.4. The predicted octanol–water partition coefficient (Wildman–Crippen LogP) is 4.64. The topological polar surface area (TPSA) is 15.6 Å². The highest BCUT2D eigenvalue weighted by Crippen LogP contribution is 2.23. The molecule has 0 aliphatic rings. The fourth-order valence-corrected chi connectivity index (χ4v) is 2.44. The van der Waals surface area contributed by atoms with Gasteiger partial charge in [0.1, 0.15) is 0 Å². The van der Waals surface area contributed by atoms with E-state index in [0.29, 0.717) is 6.04 Å². The molecule has 1 aromatic carbocycles. The molecule has 1 rings (SSSR count). The maximum Gasteiger partial charge on any atom is 0.0643 e. The van der Waals surface area contributed by atoms with Crippen molar-refractivity contribution in [2.24, 2.45) is 4.99 Å². The summed E-state index contributed by atoms with van der Waals surface area (Å²) in [5, 5.41) is 0. The Labute approximate surface area is 129 Å². The van der Waals surface area contributed by atoms with Crippen LogP contribution in [0, 0.1) is 0 Å². The lowest BCUT2D eigenvalue weighted by atomic mass is 9.96. The third kappa shape index (κ3) is 4.98. The van der Waals surface area contributed by atoms with Crippen molar-refractivity contribution in [3.63, 3.8) is 0 Å². The second-order valence-corrected chi connectivity index (χ2v) is 5.28. The summed E-state index contributed by atoms with van der Waals surface area (Å²) >= 11 is 0. The smallest absolute Gasteiger partial charge is 0.0643 e. The molecule has 0 fully saturated rings. The van der Waals surface area contributed by atoms with Crippen LogP contribution in [0.15, 0.2) is 54.1 Å². The van der Waals surface area contributed by atoms with E-state index in [1.807, 2.05) is 13.1 Å². The zero-order valence-electron chi connectivity index (χ0n) is 13.8. The Morgan fingerprint density at radius 3 is 2.71 bits per heavy atom. The summed E-state index contributed by atoms with van der Waals surface area (Å²) in [7, 11) is 4.03. The summed E-state index contributed by atoms with van der Waals surface area (Å²) in [6.45, 7) is 9.32. The third-order valence-electron chi connectivity index (χ3n) is 3.74. The van der Waals surface area contributed by atoms with Crippen LogP contribution in [0.4, 0.5) is 0 Å². The van der Waals surface area contributed by atoms with Crippen LogP contribution >= 0.6 is 0 Å². The lowest BCUT2D eigenvalue weighted by Crippen LogP contribution is -2.24. The Kier molecular flexibility index (Phi) is 7.70. The highest BCUT2D eigenvalue weighted by Gasteiger charge is 2.15. The van der Waals surface area contributed by atoms with Gasteiger partial charge >= 0.3 is 0 Å². The molecule has 0 spiro atoms. The van der Waals surface area contributed by atoms with E-state index < -0.39 is 0 Å². The third-order valence-corrected chi connectivity index (χ3v) is 3.74. The minimum atomic E-state index is 0.380. The van der Waals surface area contributed by atoms with Gasteiger partial charge in [0.2, 0.25) is 0 Å². The van der Waals surface area contributed by atoms with E-state index >= 15 is 0 Å². The van der Waals surface area contributed by atoms with Gasteiger partial charge in [-0.3, -0.25) is 9.89 Å². The second-order valence-electron chi connectivity index (χ2n) is 5.28. The molecule has 1 unspecified atom stereocenters. The van der Waals surface area contributed by atoms with Gasteiger partial charge in [-0.2, -0.15) is 0 Å². The van der Waals surface area contributed by atoms with Gasteiger partial charge in [-0.05, 0) is 45.0 Å². The Hall–Kier alpha value is -1.67. The van der Waals surface area contributed by atoms with E-state index in [9.17, 15) is 0 Å². The van der Waals surface area contributed by atoms with E-state index in [4.69, 9.17) is 0 Å². The molecule has 0 heterocycles. The zero-order valence-corrected chi connectivity index (χ0v) is 13.8. The monoisotopic (exact) mass is 284 g/mol. The van der Waals surface area contributed by atoms with Crippen molar-refractivity contribution in [1.82, 2.24) is 4.90 Å². The highest BCUT2D eigenvalue weighted by molar-refractivity contribution is 6.09. The van der Waals surface area contributed by atoms with Crippen molar-refractivity contribution >= 4 is 5.71 Å². The fraction of sp³-hybridized carbons (Fsp3) is 0.421. The van der Waals surface area contributed by atoms with Crippen LogP contribution in [-0.4, -0.2) is 31.3 Å². The van der Waals surface area contributed by atoms with E-state index in [1.54, 1.807) is 0 Å². The molecule has 1 aromatic rings. The van der Waals surface area contributed by atoms with Crippen molar-refractivity contribution in [2.75, 3.05) is 20.6 Å². The molecule has 0 N–H and O–H groups in total. The summed E-state index contributed by atoms with van der Waals surface area (Å²) in [5.41, 5.74) is 3.58. The van der Waals surface area contributed by atoms with Crippen LogP contribution in [-0.2, 0) is 0 Å². The number of nitrogens with zero attached hydrogens (tertiary/aromatic N) is 2. The molecule has 0 bridgehead atoms. The normalized spacial score (nSPS) is 13.9. The van der Waals surface area contributed by atoms with Crippen molar-refractivity contribution in [1.29, 1.82) is 0 Å². The van der Waals surface area contributed by atoms with Gasteiger partial charge in [-0.25, -0.2) is 0 Å². The predicted molar refractivity (Wildman–Crippen MR) is 94.2 cm³/mol. The van der Waals surface area contributed by atoms with Gasteiger partial charge in [-0.15, -0.1) is 6.58 Å². The quantitative estimate of drug-likeness (QED) is 0.501. The van der Waals surface area contributed by atoms with Crippen LogP contribution in [0.1, 0.15) is 43.9 Å². The van der Waals surface area contributed by atoms with E-state index in [0.717, 1.165) is 25.1 Å². The highest BCUT2D eigenvalue weighted by atomic mass is 15.1. The van der Waals surface area contributed by atoms with E-state index in [-0.39, 0.29) is 0 Å². The van der Waals surface area contributed by atoms with Crippen molar-refractivity contribution < 1.29 is 0 Å². The van der Waals surface area contributed by atoms with Crippen molar-refractivity contribution in [3.8, 4) is 0 Å². The maximum absolute atomic E-state index is 4.46. The van der Waals surface area contributed by atoms with E-state index in [1.165, 1.54) is 11.1 Å². The molecule has 114 valence electrons. The zero-order chi connectivity index (χ0) is 15.7. The molecule has 2 heteroatoms. The first-order valence-corrected chi connectivity index (χ1v) is 7.69. The number of rotatable bonds is 8. The second kappa shape index (κ2) is 9.30. The Morgan fingerprint density at radius 2 is 2.10 bits per heavy atom. The van der Waals surface area contributed by atoms with Crippen LogP contribution in [0.25, 0.3) is 0 Å². The van der Waals surface area contributed by atoms with Gasteiger partial charge in [0.15, 0.2) is 0 Å². The lowest BCUT2D eigenvalue weighted by molar-refractivity contribution is 0.262. The average molecular weight is 284 g/mol. The molecule has 0 saturated carbocycles. The standard InChI is InChI=1S/C19H28N2/c1-6-8-9-14-19(20-4)18-13-11-10-12-17(18)16(3)21(5)15-7-2/h6,9-14,16H,1,7-8,15H2,2-5H3/b14-9-,20-19?. The Bertz CT molecular complexity index is 500. The molecule has 0 saturated heterocycles. The number of allylic oxidation sites excluding steroid dienone is 3. The summed E-state index contributed by atoms with van der Waals surface area (Å²) in [5.74, 6) is 0. The van der Waals surface area contributed by atoms with Gasteiger partial charge in [0.25, 0.3) is 0 Å². The van der Waals surface area contributed by atoms with Crippen LogP contribution < -0.4 is 0 Å². The number of hydrogen-bond acceptors (Lipinski definition) is 2. The maximum atomic E-state index is 4.46. The van der Waals surface area contributed by atoms with Crippen molar-refractivity contribution in [3.05, 3.63) is 60.2 Å². The molecule has 0 aliphatic carbocycles. The first-order valence-electron chi connectivity index (χ1n) is 7.69. The molecular formula is C19H28N2. The van der Waals surface area contributed by atoms with E-state index in [2.05, 4.69) is 73.8 Å². The SMILES string of the molecule is C=CC/C=C\C(=NC)c1ccccc1C(C)N(C)CCC. The summed E-state index contributed by atoms with van der Waals surface area (Å²) in [6.07, 6.45) is 8.12. The minimum absolute atomic E-state index is 0.380. The summed E-state index contributed by atoms with van der Waals surface area (Å²) in [4.78, 5) is 6.84. The summed E-state index contributed by atoms with van der Waals surface area (Å²) < 4.78 is 0. The minimum Gasteiger partial charge on any atom is -0.300 e. The molecule has 21 heavy (non-hydrogen) atoms. The van der Waals surface area contributed by atoms with Gasteiger partial charge in [0.05, 0.1) is 5.71 Å². The van der Waals surface area contributed by atoms with Crippen molar-refractivity contribution in [2.45, 2.75) is 32.7 Å². The van der Waals surface area contributed by atoms with Crippen LogP contribution in [0.5, 0.6) is 0 Å². The summed E-state index contributed by atoms with van der Waals surface area (Å²) in [6, 6.07) is 8.93. The van der Waals surface area contributed by atoms with Crippen LogP contribution in [0.2, 0.25) is 0 Å². The molecule has 0 aliphatic heterocycles. The molecular weight excluding hydrogens is 256 g/mol. The van der Waals surface area contributed by atoms with Crippen LogP contribution in [0.3, 0.4) is 0 Å². The number of hydrogen-bond donors (Lipinski definition) is 0. The fourth-order valence-electron chi connectivity index (χ4n) is 2.44. The molecule has 0 amide bonds. The molecule has 1 atom stereocenters. The van der Waals surface area contributed by atoms with Gasteiger partial charge in [-0.1, -0.05) is 43.3 Å². The molecule has 0 radical (unpaired) electrons. The average Bonchev–Trinajstić information content (AvgIpc) is 2.51. The first-order chi connectivity index (χ1) is 10.2. The Morgan fingerprint density at radius 1 is 1.38 bits per heavy atom. The Balaban J connectivity index is 3.10. The lowest BCUT2D eigenvalue weighted by Gasteiger charge is -2.26.